The standard InChI is InChI=1S/C12H10BrNO/c13-8-11-10(6-7-12(15)14-11)9-4-2-1-3-5-9/h1-7H,8H2,(H,14,15). The topological polar surface area (TPSA) is 32.9 Å². The van der Waals surface area contributed by atoms with Crippen molar-refractivity contribution in [2.24, 2.45) is 0 Å². The number of alkyl halides is 1. The second-order valence-corrected chi connectivity index (χ2v) is 3.78. The molecule has 0 unspecified atom stereocenters. The molecule has 0 radical (unpaired) electrons. The minimum atomic E-state index is -0.0656. The molecule has 0 bridgehead atoms. The lowest BCUT2D eigenvalue weighted by Gasteiger charge is -2.06. The molecule has 1 heterocycles. The van der Waals surface area contributed by atoms with Crippen molar-refractivity contribution in [1.29, 1.82) is 0 Å². The third kappa shape index (κ3) is 2.18. The summed E-state index contributed by atoms with van der Waals surface area (Å²) < 4.78 is 0. The monoisotopic (exact) mass is 263 g/mol. The molecule has 0 aliphatic carbocycles. The third-order valence-corrected chi connectivity index (χ3v) is 2.78. The van der Waals surface area contributed by atoms with Gasteiger partial charge in [0.1, 0.15) is 0 Å². The first-order chi connectivity index (χ1) is 7.31. The van der Waals surface area contributed by atoms with E-state index in [1.54, 1.807) is 6.07 Å². The molecule has 0 saturated carbocycles. The molecule has 1 N–H and O–H groups in total. The second kappa shape index (κ2) is 4.45. The molecular formula is C12H10BrNO. The molecule has 15 heavy (non-hydrogen) atoms. The van der Waals surface area contributed by atoms with Crippen molar-refractivity contribution >= 4 is 15.9 Å². The number of hydrogen-bond donors (Lipinski definition) is 1. The predicted molar refractivity (Wildman–Crippen MR) is 65.1 cm³/mol. The Kier molecular flexibility index (Phi) is 3.02. The summed E-state index contributed by atoms with van der Waals surface area (Å²) in [6.45, 7) is 0. The number of aromatic amines is 1. The van der Waals surface area contributed by atoms with Crippen molar-refractivity contribution in [2.75, 3.05) is 0 Å². The molecule has 2 rings (SSSR count). The molecule has 0 aliphatic heterocycles. The van der Waals surface area contributed by atoms with Gasteiger partial charge in [0.15, 0.2) is 0 Å². The minimum Gasteiger partial charge on any atom is -0.325 e. The summed E-state index contributed by atoms with van der Waals surface area (Å²) in [5.41, 5.74) is 3.02. The van der Waals surface area contributed by atoms with E-state index >= 15 is 0 Å². The van der Waals surface area contributed by atoms with Crippen LogP contribution in [0.15, 0.2) is 47.3 Å². The summed E-state index contributed by atoms with van der Waals surface area (Å²) in [4.78, 5) is 14.0. The van der Waals surface area contributed by atoms with Crippen molar-refractivity contribution in [2.45, 2.75) is 5.33 Å². The molecule has 0 atom stereocenters. The summed E-state index contributed by atoms with van der Waals surface area (Å²) in [5, 5.41) is 0.646. The van der Waals surface area contributed by atoms with Gasteiger partial charge in [-0.15, -0.1) is 0 Å². The average molecular weight is 264 g/mol. The minimum absolute atomic E-state index is 0.0656. The van der Waals surface area contributed by atoms with Gasteiger partial charge >= 0.3 is 0 Å². The number of benzene rings is 1. The van der Waals surface area contributed by atoms with Gasteiger partial charge in [-0.25, -0.2) is 0 Å². The Morgan fingerprint density at radius 1 is 1.07 bits per heavy atom. The highest BCUT2D eigenvalue weighted by Gasteiger charge is 2.03. The van der Waals surface area contributed by atoms with Gasteiger partial charge in [0.05, 0.1) is 0 Å². The zero-order chi connectivity index (χ0) is 10.7. The van der Waals surface area contributed by atoms with Crippen LogP contribution in [0, 0.1) is 0 Å². The number of halogens is 1. The third-order valence-electron chi connectivity index (χ3n) is 2.22. The Labute approximate surface area is 96.1 Å². The lowest BCUT2D eigenvalue weighted by atomic mass is 10.1. The van der Waals surface area contributed by atoms with Crippen LogP contribution in [0.1, 0.15) is 5.69 Å². The highest BCUT2D eigenvalue weighted by Crippen LogP contribution is 2.22. The quantitative estimate of drug-likeness (QED) is 0.831. The Morgan fingerprint density at radius 3 is 2.47 bits per heavy atom. The fraction of sp³-hybridized carbons (Fsp3) is 0.0833. The maximum absolute atomic E-state index is 11.2. The Balaban J connectivity index is 2.58. The van der Waals surface area contributed by atoms with E-state index in [-0.39, 0.29) is 5.56 Å². The molecule has 0 spiro atoms. The summed E-state index contributed by atoms with van der Waals surface area (Å²) in [6, 6.07) is 13.4. The zero-order valence-corrected chi connectivity index (χ0v) is 9.62. The van der Waals surface area contributed by atoms with E-state index in [2.05, 4.69) is 20.9 Å². The lowest BCUT2D eigenvalue weighted by molar-refractivity contribution is 1.13. The van der Waals surface area contributed by atoms with Crippen molar-refractivity contribution in [3.63, 3.8) is 0 Å². The van der Waals surface area contributed by atoms with E-state index in [1.165, 1.54) is 0 Å². The van der Waals surface area contributed by atoms with E-state index in [1.807, 2.05) is 36.4 Å². The van der Waals surface area contributed by atoms with E-state index < -0.39 is 0 Å². The van der Waals surface area contributed by atoms with E-state index in [0.717, 1.165) is 16.8 Å². The Bertz CT molecular complexity index is 505. The second-order valence-electron chi connectivity index (χ2n) is 3.21. The molecule has 1 aromatic heterocycles. The SMILES string of the molecule is O=c1ccc(-c2ccccc2)c(CBr)[nH]1. The van der Waals surface area contributed by atoms with Gasteiger partial charge in [-0.2, -0.15) is 0 Å². The van der Waals surface area contributed by atoms with Crippen molar-refractivity contribution in [1.82, 2.24) is 4.98 Å². The molecular weight excluding hydrogens is 254 g/mol. The predicted octanol–water partition coefficient (Wildman–Crippen LogP) is 2.94. The van der Waals surface area contributed by atoms with Crippen LogP contribution in [0.3, 0.4) is 0 Å². The first-order valence-electron chi connectivity index (χ1n) is 4.65. The van der Waals surface area contributed by atoms with E-state index in [9.17, 15) is 4.79 Å². The normalized spacial score (nSPS) is 10.2. The zero-order valence-electron chi connectivity index (χ0n) is 8.03. The van der Waals surface area contributed by atoms with Crippen LogP contribution in [0.4, 0.5) is 0 Å². The summed E-state index contributed by atoms with van der Waals surface area (Å²) >= 11 is 3.37. The van der Waals surface area contributed by atoms with Gasteiger partial charge in [0.25, 0.3) is 0 Å². The molecule has 2 aromatic rings. The number of hydrogen-bond acceptors (Lipinski definition) is 1. The van der Waals surface area contributed by atoms with Gasteiger partial charge in [0.2, 0.25) is 5.56 Å². The molecule has 0 saturated heterocycles. The van der Waals surface area contributed by atoms with Crippen molar-refractivity contribution < 1.29 is 0 Å². The van der Waals surface area contributed by atoms with Crippen LogP contribution in [0.2, 0.25) is 0 Å². The number of H-pyrrole nitrogens is 1. The fourth-order valence-electron chi connectivity index (χ4n) is 1.51. The lowest BCUT2D eigenvalue weighted by Crippen LogP contribution is -2.07. The van der Waals surface area contributed by atoms with E-state index in [0.29, 0.717) is 5.33 Å². The van der Waals surface area contributed by atoms with Crippen LogP contribution in [0.5, 0.6) is 0 Å². The number of pyridine rings is 1. The van der Waals surface area contributed by atoms with Crippen LogP contribution < -0.4 is 5.56 Å². The van der Waals surface area contributed by atoms with Gasteiger partial charge in [0, 0.05) is 22.7 Å². The Morgan fingerprint density at radius 2 is 1.80 bits per heavy atom. The van der Waals surface area contributed by atoms with Crippen molar-refractivity contribution in [3.8, 4) is 11.1 Å². The Hall–Kier alpha value is -1.35. The molecule has 0 aliphatic rings. The van der Waals surface area contributed by atoms with Crippen LogP contribution in [-0.2, 0) is 5.33 Å². The van der Waals surface area contributed by atoms with Gasteiger partial charge in [-0.05, 0) is 11.6 Å². The van der Waals surface area contributed by atoms with Gasteiger partial charge in [-0.3, -0.25) is 4.79 Å². The van der Waals surface area contributed by atoms with Crippen molar-refractivity contribution in [3.05, 3.63) is 58.5 Å². The van der Waals surface area contributed by atoms with Crippen LogP contribution in [-0.4, -0.2) is 4.98 Å². The molecule has 0 amide bonds. The smallest absolute Gasteiger partial charge is 0.248 e. The maximum atomic E-state index is 11.2. The molecule has 3 heteroatoms. The van der Waals surface area contributed by atoms with E-state index in [4.69, 9.17) is 0 Å². The average Bonchev–Trinajstić information content (AvgIpc) is 2.30. The summed E-state index contributed by atoms with van der Waals surface area (Å²) in [5.74, 6) is 0. The maximum Gasteiger partial charge on any atom is 0.248 e. The number of rotatable bonds is 2. The molecule has 2 nitrogen and oxygen atoms in total. The highest BCUT2D eigenvalue weighted by atomic mass is 79.9. The summed E-state index contributed by atoms with van der Waals surface area (Å²) in [7, 11) is 0. The first kappa shape index (κ1) is 10.2. The first-order valence-corrected chi connectivity index (χ1v) is 5.77. The molecule has 1 aromatic carbocycles. The van der Waals surface area contributed by atoms with Gasteiger partial charge in [-0.1, -0.05) is 46.3 Å². The largest absolute Gasteiger partial charge is 0.325 e. The molecule has 0 fully saturated rings. The highest BCUT2D eigenvalue weighted by molar-refractivity contribution is 9.08. The van der Waals surface area contributed by atoms with Gasteiger partial charge < -0.3 is 4.98 Å². The summed E-state index contributed by atoms with van der Waals surface area (Å²) in [6.07, 6.45) is 0. The van der Waals surface area contributed by atoms with Crippen LogP contribution >= 0.6 is 15.9 Å². The number of aromatic nitrogens is 1. The number of nitrogens with one attached hydrogen (secondary N) is 1. The fourth-order valence-corrected chi connectivity index (χ4v) is 1.95. The molecule has 76 valence electrons. The van der Waals surface area contributed by atoms with Crippen LogP contribution in [0.25, 0.3) is 11.1 Å².